The maximum Gasteiger partial charge on any atom is 0.236 e. The number of nitrogens with zero attached hydrogens (tertiary/aromatic N) is 3. The van der Waals surface area contributed by atoms with Crippen LogP contribution >= 0.6 is 0 Å². The van der Waals surface area contributed by atoms with Crippen LogP contribution in [0.4, 0.5) is 0 Å². The van der Waals surface area contributed by atoms with Crippen LogP contribution in [0.3, 0.4) is 0 Å². The monoisotopic (exact) mass is 225 g/mol. The van der Waals surface area contributed by atoms with Crippen molar-refractivity contribution in [3.05, 3.63) is 12.2 Å². The fraction of sp³-hybridized carbons (Fsp3) is 0.700. The second kappa shape index (κ2) is 5.60. The summed E-state index contributed by atoms with van der Waals surface area (Å²) in [7, 11) is 0. The minimum absolute atomic E-state index is 0.285. The molecule has 16 heavy (non-hydrogen) atoms. The molecule has 0 aromatic carbocycles. The molecule has 0 radical (unpaired) electrons. The number of rotatable bonds is 6. The van der Waals surface area contributed by atoms with E-state index in [1.807, 2.05) is 20.8 Å². The maximum absolute atomic E-state index is 11.1. The average Bonchev–Trinajstić information content (AvgIpc) is 2.65. The summed E-state index contributed by atoms with van der Waals surface area (Å²) in [6.45, 7) is 7.09. The molecular formula is C10H19N5O. The van der Waals surface area contributed by atoms with Crippen molar-refractivity contribution in [3.63, 3.8) is 0 Å². The highest BCUT2D eigenvalue weighted by Gasteiger charge is 2.15. The lowest BCUT2D eigenvalue weighted by Crippen LogP contribution is -2.44. The fourth-order valence-electron chi connectivity index (χ4n) is 1.35. The molecule has 0 saturated heterocycles. The second-order valence-electron chi connectivity index (χ2n) is 3.99. The van der Waals surface area contributed by atoms with E-state index in [-0.39, 0.29) is 11.8 Å². The van der Waals surface area contributed by atoms with Crippen LogP contribution in [0.25, 0.3) is 0 Å². The highest BCUT2D eigenvalue weighted by atomic mass is 16.1. The van der Waals surface area contributed by atoms with E-state index >= 15 is 0 Å². The average molecular weight is 225 g/mol. The lowest BCUT2D eigenvalue weighted by Gasteiger charge is -2.13. The van der Waals surface area contributed by atoms with Crippen LogP contribution in [-0.4, -0.2) is 33.3 Å². The molecule has 0 aliphatic rings. The zero-order valence-corrected chi connectivity index (χ0v) is 9.97. The Morgan fingerprint density at radius 2 is 2.31 bits per heavy atom. The Hall–Kier alpha value is -1.43. The Kier molecular flexibility index (Phi) is 4.42. The van der Waals surface area contributed by atoms with Gasteiger partial charge in [-0.2, -0.15) is 5.10 Å². The Balaban J connectivity index is 2.66. The number of carbonyl (C=O) groups is 1. The predicted molar refractivity (Wildman–Crippen MR) is 60.8 cm³/mol. The minimum atomic E-state index is -0.397. The summed E-state index contributed by atoms with van der Waals surface area (Å²) in [6.07, 6.45) is 1.63. The fourth-order valence-corrected chi connectivity index (χ4v) is 1.35. The molecule has 1 aromatic rings. The van der Waals surface area contributed by atoms with E-state index in [1.165, 1.54) is 0 Å². The molecule has 1 atom stereocenters. The first kappa shape index (κ1) is 12.6. The van der Waals surface area contributed by atoms with Crippen molar-refractivity contribution in [1.82, 2.24) is 20.1 Å². The van der Waals surface area contributed by atoms with Gasteiger partial charge in [0.05, 0.1) is 6.54 Å². The summed E-state index contributed by atoms with van der Waals surface area (Å²) in [5.74, 6) is 0.690. The highest BCUT2D eigenvalue weighted by molar-refractivity contribution is 5.79. The van der Waals surface area contributed by atoms with Crippen LogP contribution in [0.15, 0.2) is 6.33 Å². The number of nitrogens with two attached hydrogens (primary N) is 1. The first-order chi connectivity index (χ1) is 7.54. The third-order valence-corrected chi connectivity index (χ3v) is 2.23. The van der Waals surface area contributed by atoms with Gasteiger partial charge in [-0.05, 0) is 6.54 Å². The van der Waals surface area contributed by atoms with Gasteiger partial charge in [0.25, 0.3) is 0 Å². The lowest BCUT2D eigenvalue weighted by molar-refractivity contribution is -0.120. The number of primary amides is 1. The van der Waals surface area contributed by atoms with Crippen molar-refractivity contribution < 1.29 is 4.79 Å². The summed E-state index contributed by atoms with van der Waals surface area (Å²) in [4.78, 5) is 15.3. The van der Waals surface area contributed by atoms with E-state index in [0.717, 1.165) is 5.82 Å². The number of carbonyl (C=O) groups excluding carboxylic acids is 1. The van der Waals surface area contributed by atoms with Gasteiger partial charge < -0.3 is 11.1 Å². The molecule has 1 unspecified atom stereocenters. The number of amides is 1. The Bertz CT molecular complexity index is 347. The Morgan fingerprint density at radius 3 is 2.75 bits per heavy atom. The molecule has 1 heterocycles. The zero-order chi connectivity index (χ0) is 12.1. The molecule has 0 fully saturated rings. The van der Waals surface area contributed by atoms with Gasteiger partial charge in [-0.15, -0.1) is 0 Å². The largest absolute Gasteiger partial charge is 0.368 e. The van der Waals surface area contributed by atoms with Gasteiger partial charge >= 0.3 is 0 Å². The van der Waals surface area contributed by atoms with E-state index in [4.69, 9.17) is 5.73 Å². The summed E-state index contributed by atoms with van der Waals surface area (Å²) in [5, 5.41) is 7.28. The number of hydrogen-bond donors (Lipinski definition) is 2. The van der Waals surface area contributed by atoms with Gasteiger partial charge in [-0.25, -0.2) is 4.98 Å². The number of aromatic nitrogens is 3. The van der Waals surface area contributed by atoms with Crippen LogP contribution in [0.1, 0.15) is 32.5 Å². The molecule has 6 nitrogen and oxygen atoms in total. The third-order valence-electron chi connectivity index (χ3n) is 2.23. The number of nitrogens with one attached hydrogen (secondary N) is 1. The molecule has 0 aliphatic carbocycles. The molecule has 0 saturated carbocycles. The molecule has 90 valence electrons. The number of hydrogen-bond acceptors (Lipinski definition) is 4. The molecule has 1 amide bonds. The van der Waals surface area contributed by atoms with Gasteiger partial charge in [0, 0.05) is 5.92 Å². The molecule has 0 spiro atoms. The van der Waals surface area contributed by atoms with Crippen molar-refractivity contribution in [1.29, 1.82) is 0 Å². The van der Waals surface area contributed by atoms with E-state index in [2.05, 4.69) is 15.4 Å². The molecule has 0 aliphatic heterocycles. The van der Waals surface area contributed by atoms with Gasteiger partial charge in [-0.3, -0.25) is 9.48 Å². The first-order valence-corrected chi connectivity index (χ1v) is 5.46. The number of likely N-dealkylation sites (N-methyl/N-ethyl adjacent to an activating group) is 1. The minimum Gasteiger partial charge on any atom is -0.368 e. The molecule has 1 aromatic heterocycles. The van der Waals surface area contributed by atoms with Crippen LogP contribution in [0.5, 0.6) is 0 Å². The summed E-state index contributed by atoms with van der Waals surface area (Å²) in [5.41, 5.74) is 5.27. The van der Waals surface area contributed by atoms with Crippen molar-refractivity contribution in [3.8, 4) is 0 Å². The maximum atomic E-state index is 11.1. The van der Waals surface area contributed by atoms with E-state index < -0.39 is 6.04 Å². The van der Waals surface area contributed by atoms with Crippen LogP contribution in [0, 0.1) is 0 Å². The summed E-state index contributed by atoms with van der Waals surface area (Å²) < 4.78 is 1.65. The van der Waals surface area contributed by atoms with E-state index in [1.54, 1.807) is 11.0 Å². The molecule has 6 heteroatoms. The highest BCUT2D eigenvalue weighted by Crippen LogP contribution is 2.06. The molecular weight excluding hydrogens is 206 g/mol. The van der Waals surface area contributed by atoms with Crippen molar-refractivity contribution >= 4 is 5.91 Å². The molecule has 0 bridgehead atoms. The van der Waals surface area contributed by atoms with E-state index in [9.17, 15) is 4.79 Å². The SMILES string of the molecule is CCNC(Cn1cnc(C(C)C)n1)C(N)=O. The van der Waals surface area contributed by atoms with Gasteiger partial charge in [0.1, 0.15) is 12.4 Å². The smallest absolute Gasteiger partial charge is 0.236 e. The quantitative estimate of drug-likeness (QED) is 0.706. The van der Waals surface area contributed by atoms with Crippen LogP contribution < -0.4 is 11.1 Å². The van der Waals surface area contributed by atoms with Crippen molar-refractivity contribution in [2.75, 3.05) is 6.54 Å². The van der Waals surface area contributed by atoms with E-state index in [0.29, 0.717) is 13.1 Å². The lowest BCUT2D eigenvalue weighted by atomic mass is 10.2. The predicted octanol–water partition coefficient (Wildman–Crippen LogP) is -0.135. The van der Waals surface area contributed by atoms with Crippen LogP contribution in [-0.2, 0) is 11.3 Å². The molecule has 1 rings (SSSR count). The molecule has 3 N–H and O–H groups in total. The van der Waals surface area contributed by atoms with Crippen LogP contribution in [0.2, 0.25) is 0 Å². The normalized spacial score (nSPS) is 13.0. The topological polar surface area (TPSA) is 85.8 Å². The third kappa shape index (κ3) is 3.30. The second-order valence-corrected chi connectivity index (χ2v) is 3.99. The van der Waals surface area contributed by atoms with Gasteiger partial charge in [-0.1, -0.05) is 20.8 Å². The summed E-state index contributed by atoms with van der Waals surface area (Å²) in [6, 6.07) is -0.397. The Morgan fingerprint density at radius 1 is 1.62 bits per heavy atom. The van der Waals surface area contributed by atoms with Gasteiger partial charge in [0.15, 0.2) is 5.82 Å². The van der Waals surface area contributed by atoms with Crippen molar-refractivity contribution in [2.45, 2.75) is 39.3 Å². The zero-order valence-electron chi connectivity index (χ0n) is 9.97. The Labute approximate surface area is 95.2 Å². The van der Waals surface area contributed by atoms with Crippen molar-refractivity contribution in [2.24, 2.45) is 5.73 Å². The summed E-state index contributed by atoms with van der Waals surface area (Å²) >= 11 is 0. The van der Waals surface area contributed by atoms with Gasteiger partial charge in [0.2, 0.25) is 5.91 Å². The first-order valence-electron chi connectivity index (χ1n) is 5.46. The standard InChI is InChI=1S/C10H19N5O/c1-4-12-8(9(11)16)5-15-6-13-10(14-15)7(2)3/h6-8,12H,4-5H2,1-3H3,(H2,11,16).